The van der Waals surface area contributed by atoms with Gasteiger partial charge in [-0.15, -0.1) is 0 Å². The number of anilines is 3. The van der Waals surface area contributed by atoms with E-state index < -0.39 is 35.0 Å². The van der Waals surface area contributed by atoms with Gasteiger partial charge in [-0.2, -0.15) is 18.3 Å². The van der Waals surface area contributed by atoms with Crippen LogP contribution >= 0.6 is 0 Å². The lowest BCUT2D eigenvalue weighted by atomic mass is 10.0. The quantitative estimate of drug-likeness (QED) is 0.138. The van der Waals surface area contributed by atoms with Gasteiger partial charge in [-0.1, -0.05) is 24.3 Å². The van der Waals surface area contributed by atoms with Crippen molar-refractivity contribution in [2.24, 2.45) is 5.10 Å². The number of fused-ring (bicyclic) bond motifs is 1. The van der Waals surface area contributed by atoms with Crippen LogP contribution in [0.4, 0.5) is 34.6 Å². The Morgan fingerprint density at radius 1 is 0.927 bits per heavy atom. The smallest absolute Gasteiger partial charge is 0.416 e. The predicted octanol–water partition coefficient (Wildman–Crippen LogP) is 7.03. The summed E-state index contributed by atoms with van der Waals surface area (Å²) < 4.78 is 54.5. The Morgan fingerprint density at radius 2 is 1.68 bits per heavy atom. The first-order valence-corrected chi connectivity index (χ1v) is 12.2. The number of hydrogen-bond donors (Lipinski definition) is 3. The van der Waals surface area contributed by atoms with Crippen LogP contribution in [-0.2, 0) is 11.0 Å². The maximum Gasteiger partial charge on any atom is 0.416 e. The molecule has 0 saturated heterocycles. The molecule has 1 aliphatic heterocycles. The van der Waals surface area contributed by atoms with Gasteiger partial charge in [0.25, 0.3) is 5.91 Å². The van der Waals surface area contributed by atoms with Gasteiger partial charge < -0.3 is 10.2 Å². The summed E-state index contributed by atoms with van der Waals surface area (Å²) >= 11 is 0. The second-order valence-electron chi connectivity index (χ2n) is 9.41. The molecular formula is C30H21F4N3O4. The Balaban J connectivity index is 1.57. The van der Waals surface area contributed by atoms with Crippen molar-refractivity contribution in [3.05, 3.63) is 106 Å². The lowest BCUT2D eigenvalue weighted by Gasteiger charge is -2.19. The highest BCUT2D eigenvalue weighted by molar-refractivity contribution is 6.55. The number of phenolic OH excluding ortho intramolecular Hbond substituents is 1. The summed E-state index contributed by atoms with van der Waals surface area (Å²) in [7, 11) is 0. The highest BCUT2D eigenvalue weighted by Gasteiger charge is 2.39. The number of carboxylic acids is 1. The van der Waals surface area contributed by atoms with E-state index in [-0.39, 0.29) is 39.5 Å². The molecule has 11 heteroatoms. The van der Waals surface area contributed by atoms with Crippen LogP contribution in [0.3, 0.4) is 0 Å². The number of carbonyl (C=O) groups is 2. The van der Waals surface area contributed by atoms with E-state index in [1.807, 2.05) is 13.8 Å². The van der Waals surface area contributed by atoms with Crippen LogP contribution < -0.4 is 10.3 Å². The van der Waals surface area contributed by atoms with Gasteiger partial charge >= 0.3 is 12.1 Å². The van der Waals surface area contributed by atoms with Crippen LogP contribution in [0.2, 0.25) is 0 Å². The summed E-state index contributed by atoms with van der Waals surface area (Å²) in [6.45, 7) is 3.69. The monoisotopic (exact) mass is 563 g/mol. The second kappa shape index (κ2) is 10.1. The number of carboxylic acid groups (broad SMARTS) is 1. The molecule has 0 unspecified atom stereocenters. The van der Waals surface area contributed by atoms with Gasteiger partial charge in [0.15, 0.2) is 5.71 Å². The number of carbonyl (C=O) groups excluding carboxylic acids is 1. The van der Waals surface area contributed by atoms with Gasteiger partial charge in [0, 0.05) is 16.8 Å². The number of alkyl halides is 3. The maximum absolute atomic E-state index is 13.9. The Kier molecular flexibility index (Phi) is 6.74. The first kappa shape index (κ1) is 27.4. The van der Waals surface area contributed by atoms with Crippen molar-refractivity contribution in [2.75, 3.05) is 10.3 Å². The average Bonchev–Trinajstić information content (AvgIpc) is 3.19. The molecule has 0 aliphatic carbocycles. The predicted molar refractivity (Wildman–Crippen MR) is 145 cm³/mol. The topological polar surface area (TPSA) is 102 Å². The van der Waals surface area contributed by atoms with Gasteiger partial charge in [-0.05, 0) is 79.1 Å². The molecule has 3 N–H and O–H groups in total. The third kappa shape index (κ3) is 4.97. The van der Waals surface area contributed by atoms with E-state index in [9.17, 15) is 37.4 Å². The highest BCUT2D eigenvalue weighted by atomic mass is 19.4. The fourth-order valence-corrected chi connectivity index (χ4v) is 4.49. The van der Waals surface area contributed by atoms with Crippen molar-refractivity contribution in [1.82, 2.24) is 0 Å². The molecule has 0 atom stereocenters. The van der Waals surface area contributed by atoms with Gasteiger partial charge in [0.1, 0.15) is 11.6 Å². The van der Waals surface area contributed by atoms with E-state index in [2.05, 4.69) is 10.5 Å². The summed E-state index contributed by atoms with van der Waals surface area (Å²) in [5.74, 6) is -3.48. The van der Waals surface area contributed by atoms with Crippen molar-refractivity contribution in [3.63, 3.8) is 0 Å². The van der Waals surface area contributed by atoms with E-state index >= 15 is 0 Å². The molecular weight excluding hydrogens is 542 g/mol. The fourth-order valence-electron chi connectivity index (χ4n) is 4.49. The zero-order valence-electron chi connectivity index (χ0n) is 21.5. The molecule has 5 rings (SSSR count). The second-order valence-corrected chi connectivity index (χ2v) is 9.41. The average molecular weight is 564 g/mol. The molecule has 1 aliphatic rings. The van der Waals surface area contributed by atoms with E-state index in [1.54, 1.807) is 18.2 Å². The lowest BCUT2D eigenvalue weighted by molar-refractivity contribution is -0.137. The highest BCUT2D eigenvalue weighted by Crippen LogP contribution is 2.41. The third-order valence-electron chi connectivity index (χ3n) is 6.81. The fraction of sp³-hybridized carbons (Fsp3) is 0.100. The molecule has 41 heavy (non-hydrogen) atoms. The minimum Gasteiger partial charge on any atom is -0.505 e. The molecule has 208 valence electrons. The van der Waals surface area contributed by atoms with Gasteiger partial charge in [-0.25, -0.2) is 9.18 Å². The standard InChI is InChI=1S/C30H21F4N3O4/c1-15-6-9-19(12-16(15)2)37-25-14-18(30(32,33)34)8-10-21(25)26(28(37)39)36-35-24-5-3-4-20(27(24)38)17-7-11-23(31)22(13-17)29(40)41/h3-14,35,38H,1-2H3,(H,40,41)/b36-26-. The minimum absolute atomic E-state index is 0.000821. The number of phenols is 1. The largest absolute Gasteiger partial charge is 0.505 e. The molecule has 7 nitrogen and oxygen atoms in total. The number of rotatable bonds is 5. The number of hydrogen-bond acceptors (Lipinski definition) is 5. The van der Waals surface area contributed by atoms with Crippen LogP contribution in [0.15, 0.2) is 77.9 Å². The first-order valence-electron chi connectivity index (χ1n) is 12.2. The molecule has 0 bridgehead atoms. The molecule has 0 aromatic heterocycles. The van der Waals surface area contributed by atoms with Crippen molar-refractivity contribution in [2.45, 2.75) is 20.0 Å². The Hall–Kier alpha value is -5.19. The van der Waals surface area contributed by atoms with Crippen molar-refractivity contribution < 1.29 is 37.4 Å². The zero-order valence-corrected chi connectivity index (χ0v) is 21.5. The van der Waals surface area contributed by atoms with E-state index in [1.165, 1.54) is 30.3 Å². The van der Waals surface area contributed by atoms with E-state index in [0.29, 0.717) is 5.69 Å². The van der Waals surface area contributed by atoms with Crippen LogP contribution in [0.25, 0.3) is 11.1 Å². The molecule has 0 radical (unpaired) electrons. The van der Waals surface area contributed by atoms with Crippen LogP contribution in [0.1, 0.15) is 32.6 Å². The first-order chi connectivity index (χ1) is 19.4. The Morgan fingerprint density at radius 3 is 2.37 bits per heavy atom. The summed E-state index contributed by atoms with van der Waals surface area (Å²) in [6.07, 6.45) is -4.64. The SMILES string of the molecule is Cc1ccc(N2C(=O)/C(=N\Nc3cccc(-c4ccc(F)c(C(=O)O)c4)c3O)c3ccc(C(F)(F)F)cc32)cc1C. The van der Waals surface area contributed by atoms with Crippen LogP contribution in [-0.4, -0.2) is 27.8 Å². The van der Waals surface area contributed by atoms with E-state index in [4.69, 9.17) is 0 Å². The number of aromatic hydroxyl groups is 1. The van der Waals surface area contributed by atoms with Gasteiger partial charge in [0.2, 0.25) is 0 Å². The van der Waals surface area contributed by atoms with Gasteiger partial charge in [0.05, 0.1) is 22.5 Å². The number of para-hydroxylation sites is 1. The Labute approximate surface area is 231 Å². The zero-order chi connectivity index (χ0) is 29.6. The summed E-state index contributed by atoms with van der Waals surface area (Å²) in [6, 6.07) is 15.7. The van der Waals surface area contributed by atoms with Crippen molar-refractivity contribution in [3.8, 4) is 16.9 Å². The van der Waals surface area contributed by atoms with Crippen LogP contribution in [0, 0.1) is 19.7 Å². The number of aryl methyl sites for hydroxylation is 2. The molecule has 4 aromatic rings. The van der Waals surface area contributed by atoms with E-state index in [0.717, 1.165) is 40.3 Å². The van der Waals surface area contributed by atoms with Crippen LogP contribution in [0.5, 0.6) is 5.75 Å². The number of aromatic carboxylic acids is 1. The molecule has 4 aromatic carbocycles. The third-order valence-corrected chi connectivity index (χ3v) is 6.81. The minimum atomic E-state index is -4.64. The number of hydrazone groups is 1. The number of halogens is 4. The van der Waals surface area contributed by atoms with Gasteiger partial charge in [-0.3, -0.25) is 15.1 Å². The molecule has 0 saturated carbocycles. The Bertz CT molecular complexity index is 1770. The number of nitrogens with one attached hydrogen (secondary N) is 1. The lowest BCUT2D eigenvalue weighted by Crippen LogP contribution is -2.26. The molecule has 1 heterocycles. The molecule has 1 amide bonds. The number of amides is 1. The van der Waals surface area contributed by atoms with Crippen molar-refractivity contribution in [1.29, 1.82) is 0 Å². The molecule has 0 fully saturated rings. The normalized spacial score (nSPS) is 14.0. The summed E-state index contributed by atoms with van der Waals surface area (Å²) in [5.41, 5.74) is 3.55. The summed E-state index contributed by atoms with van der Waals surface area (Å²) in [5, 5.41) is 24.3. The van der Waals surface area contributed by atoms with Crippen molar-refractivity contribution >= 4 is 34.7 Å². The number of benzene rings is 4. The summed E-state index contributed by atoms with van der Waals surface area (Å²) in [4.78, 5) is 26.1. The maximum atomic E-state index is 13.9. The number of nitrogens with zero attached hydrogens (tertiary/aromatic N) is 2. The molecule has 0 spiro atoms.